The zero-order valence-corrected chi connectivity index (χ0v) is 11.0. The number of benzene rings is 1. The van der Waals surface area contributed by atoms with Crippen LogP contribution in [0.25, 0.3) is 5.41 Å². The molecular formula is C14H12N4O2. The van der Waals surface area contributed by atoms with E-state index in [0.717, 1.165) is 6.08 Å². The van der Waals surface area contributed by atoms with Gasteiger partial charge in [0.15, 0.2) is 5.78 Å². The number of ether oxygens (including phenoxy) is 1. The zero-order valence-electron chi connectivity index (χ0n) is 11.0. The summed E-state index contributed by atoms with van der Waals surface area (Å²) in [5, 5.41) is 26.1. The van der Waals surface area contributed by atoms with Crippen molar-refractivity contribution in [2.45, 2.75) is 0 Å². The first-order chi connectivity index (χ1) is 9.15. The Morgan fingerprint density at radius 1 is 1.25 bits per heavy atom. The smallest absolute Gasteiger partial charge is 0.187 e. The Kier molecular flexibility index (Phi) is 6.74. The van der Waals surface area contributed by atoms with Gasteiger partial charge in [-0.1, -0.05) is 0 Å². The molecule has 4 N–H and O–H groups in total. The molecule has 1 rings (SSSR count). The van der Waals surface area contributed by atoms with E-state index in [9.17, 15) is 4.79 Å². The first-order valence-corrected chi connectivity index (χ1v) is 5.14. The molecule has 0 bridgehead atoms. The summed E-state index contributed by atoms with van der Waals surface area (Å²) in [6.07, 6.45) is 0.976. The standard InChI is InChI=1S/C14H8N3O2.H3N/c1-19-13-4-2-10(3-5-13)14(18)6-11(7-15)12(8-16)9-17;/h2-6H,1H3;1H3/q-1;/p+1. The Bertz CT molecular complexity index is 654. The van der Waals surface area contributed by atoms with E-state index in [2.05, 4.69) is 0 Å². The van der Waals surface area contributed by atoms with Crippen molar-refractivity contribution < 1.29 is 9.53 Å². The van der Waals surface area contributed by atoms with Gasteiger partial charge in [0.25, 0.3) is 0 Å². The van der Waals surface area contributed by atoms with Crippen molar-refractivity contribution in [1.82, 2.24) is 6.15 Å². The lowest BCUT2D eigenvalue weighted by molar-refractivity contribution is 0.104. The summed E-state index contributed by atoms with van der Waals surface area (Å²) in [4.78, 5) is 11.8. The molecule has 0 saturated heterocycles. The number of hydrogen-bond acceptors (Lipinski definition) is 4. The van der Waals surface area contributed by atoms with Crippen LogP contribution in [0.5, 0.6) is 5.75 Å². The number of hydrogen-bond donors (Lipinski definition) is 1. The number of rotatable bonds is 4. The van der Waals surface area contributed by atoms with Crippen LogP contribution in [-0.4, -0.2) is 18.8 Å². The van der Waals surface area contributed by atoms with Crippen LogP contribution in [0.3, 0.4) is 0 Å². The minimum Gasteiger partial charge on any atom is -0.762 e. The second-order valence-electron chi connectivity index (χ2n) is 3.36. The molecule has 0 fully saturated rings. The van der Waals surface area contributed by atoms with Gasteiger partial charge in [0.05, 0.1) is 18.3 Å². The average Bonchev–Trinajstić information content (AvgIpc) is 2.47. The van der Waals surface area contributed by atoms with Gasteiger partial charge in [-0.3, -0.25) is 4.79 Å². The molecule has 0 amide bonds. The molecule has 1 aromatic carbocycles. The maximum absolute atomic E-state index is 11.8. The van der Waals surface area contributed by atoms with Crippen molar-refractivity contribution in [1.29, 1.82) is 10.5 Å². The highest BCUT2D eigenvalue weighted by atomic mass is 16.5. The average molecular weight is 268 g/mol. The van der Waals surface area contributed by atoms with Crippen LogP contribution in [0, 0.1) is 22.7 Å². The van der Waals surface area contributed by atoms with E-state index in [1.165, 1.54) is 19.2 Å². The van der Waals surface area contributed by atoms with E-state index in [-0.39, 0.29) is 17.3 Å². The summed E-state index contributed by atoms with van der Waals surface area (Å²) in [5.74, 6) is 1.71. The van der Waals surface area contributed by atoms with Gasteiger partial charge < -0.3 is 16.3 Å². The molecule has 0 heterocycles. The second-order valence-corrected chi connectivity index (χ2v) is 3.36. The largest absolute Gasteiger partial charge is 0.762 e. The van der Waals surface area contributed by atoms with Gasteiger partial charge in [-0.15, -0.1) is 0 Å². The molecule has 20 heavy (non-hydrogen) atoms. The van der Waals surface area contributed by atoms with Gasteiger partial charge in [0.2, 0.25) is 0 Å². The van der Waals surface area contributed by atoms with Gasteiger partial charge in [-0.2, -0.15) is 10.5 Å². The topological polar surface area (TPSA) is 133 Å². The molecule has 0 aromatic heterocycles. The minimum atomic E-state index is -0.456. The van der Waals surface area contributed by atoms with Crippen molar-refractivity contribution in [3.8, 4) is 17.9 Å². The predicted octanol–water partition coefficient (Wildman–Crippen LogP) is 2.39. The summed E-state index contributed by atoms with van der Waals surface area (Å²) < 4.78 is 4.95. The number of carbonyl (C=O) groups excluding carboxylic acids is 1. The normalized spacial score (nSPS) is 9.25. The van der Waals surface area contributed by atoms with Crippen molar-refractivity contribution in [2.75, 3.05) is 7.11 Å². The predicted molar refractivity (Wildman–Crippen MR) is 74.5 cm³/mol. The van der Waals surface area contributed by atoms with E-state index in [1.807, 2.05) is 0 Å². The van der Waals surface area contributed by atoms with E-state index in [1.54, 1.807) is 30.1 Å². The van der Waals surface area contributed by atoms with Crippen LogP contribution in [0.1, 0.15) is 10.4 Å². The molecule has 0 aliphatic carbocycles. The third-order valence-electron chi connectivity index (χ3n) is 2.26. The van der Waals surface area contributed by atoms with E-state index in [4.69, 9.17) is 20.7 Å². The van der Waals surface area contributed by atoms with Crippen LogP contribution in [0.15, 0.2) is 41.5 Å². The molecule has 6 heteroatoms. The first kappa shape index (κ1) is 16.8. The Morgan fingerprint density at radius 3 is 2.25 bits per heavy atom. The number of ketones is 1. The van der Waals surface area contributed by atoms with E-state index >= 15 is 0 Å². The van der Waals surface area contributed by atoms with Crippen molar-refractivity contribution in [2.24, 2.45) is 0 Å². The molecule has 1 aromatic rings. The lowest BCUT2D eigenvalue weighted by Crippen LogP contribution is -1.97. The van der Waals surface area contributed by atoms with Crippen LogP contribution < -0.4 is 10.9 Å². The second kappa shape index (κ2) is 8.02. The summed E-state index contributed by atoms with van der Waals surface area (Å²) >= 11 is 0. The molecule has 0 aliphatic heterocycles. The Labute approximate surface area is 116 Å². The van der Waals surface area contributed by atoms with Crippen molar-refractivity contribution >= 4 is 11.7 Å². The monoisotopic (exact) mass is 268 g/mol. The highest BCUT2D eigenvalue weighted by Crippen LogP contribution is 2.13. The van der Waals surface area contributed by atoms with Gasteiger partial charge in [0, 0.05) is 11.6 Å². The highest BCUT2D eigenvalue weighted by Gasteiger charge is 2.08. The first-order valence-electron chi connectivity index (χ1n) is 5.14. The molecule has 100 valence electrons. The van der Waals surface area contributed by atoms with Crippen molar-refractivity contribution in [3.05, 3.63) is 52.5 Å². The molecular weight excluding hydrogens is 256 g/mol. The van der Waals surface area contributed by atoms with Gasteiger partial charge >= 0.3 is 0 Å². The summed E-state index contributed by atoms with van der Waals surface area (Å²) in [5.41, 5.74) is -0.293. The number of carbonyl (C=O) groups is 1. The Morgan fingerprint density at radius 2 is 1.85 bits per heavy atom. The molecule has 0 spiro atoms. The van der Waals surface area contributed by atoms with E-state index in [0.29, 0.717) is 11.3 Å². The molecule has 0 aliphatic rings. The Hall–Kier alpha value is -3.18. The van der Waals surface area contributed by atoms with Gasteiger partial charge in [0.1, 0.15) is 17.9 Å². The lowest BCUT2D eigenvalue weighted by atomic mass is 10.0. The highest BCUT2D eigenvalue weighted by molar-refractivity contribution is 6.06. The fraction of sp³-hybridized carbons (Fsp3) is 0.0714. The van der Waals surface area contributed by atoms with Gasteiger partial charge in [-0.05, 0) is 24.3 Å². The van der Waals surface area contributed by atoms with E-state index < -0.39 is 5.78 Å². The number of nitrogens with zero attached hydrogens (tertiary/aromatic N) is 3. The molecule has 6 nitrogen and oxygen atoms in total. The number of nitriles is 2. The molecule has 0 atom stereocenters. The maximum atomic E-state index is 11.8. The minimum absolute atomic E-state index is 0. The third-order valence-corrected chi connectivity index (χ3v) is 2.26. The SMILES string of the molecule is COc1ccc(C(=O)C=C(C#N)C(=C=[N-])C#N)cc1.[NH4+]. The van der Waals surface area contributed by atoms with Crippen LogP contribution >= 0.6 is 0 Å². The molecule has 0 saturated carbocycles. The molecule has 0 unspecified atom stereocenters. The number of methoxy groups -OCH3 is 1. The van der Waals surface area contributed by atoms with Crippen LogP contribution in [-0.2, 0) is 0 Å². The number of quaternary nitrogens is 1. The Balaban J connectivity index is 0.00000361. The molecule has 0 radical (unpaired) electrons. The zero-order chi connectivity index (χ0) is 14.3. The summed E-state index contributed by atoms with van der Waals surface area (Å²) in [6, 6.07) is 9.50. The van der Waals surface area contributed by atoms with Crippen LogP contribution in [0.2, 0.25) is 0 Å². The van der Waals surface area contributed by atoms with Crippen molar-refractivity contribution in [3.63, 3.8) is 0 Å². The quantitative estimate of drug-likeness (QED) is 0.295. The fourth-order valence-corrected chi connectivity index (χ4v) is 1.28. The summed E-state index contributed by atoms with van der Waals surface area (Å²) in [7, 11) is 1.51. The van der Waals surface area contributed by atoms with Crippen LogP contribution in [0.4, 0.5) is 0 Å². The maximum Gasteiger partial charge on any atom is 0.187 e. The lowest BCUT2D eigenvalue weighted by Gasteiger charge is -2.00. The number of allylic oxidation sites excluding steroid dienone is 3. The summed E-state index contributed by atoms with van der Waals surface area (Å²) in [6.45, 7) is 0. The van der Waals surface area contributed by atoms with Gasteiger partial charge in [-0.25, -0.2) is 5.87 Å². The third kappa shape index (κ3) is 3.94. The fourth-order valence-electron chi connectivity index (χ4n) is 1.28.